The average molecular weight is 447 g/mol. The van der Waals surface area contributed by atoms with Crippen LogP contribution in [0.1, 0.15) is 11.4 Å². The first kappa shape index (κ1) is 22.0. The summed E-state index contributed by atoms with van der Waals surface area (Å²) in [5.74, 6) is 1.46. The molecular weight excluding hydrogens is 426 g/mol. The molecule has 0 aliphatic carbocycles. The predicted molar refractivity (Wildman–Crippen MR) is 117 cm³/mol. The van der Waals surface area contributed by atoms with Crippen molar-refractivity contribution >= 4 is 35.1 Å². The quantitative estimate of drug-likeness (QED) is 0.354. The summed E-state index contributed by atoms with van der Waals surface area (Å²) in [6.07, 6.45) is 1.75. The molecule has 1 aromatic heterocycles. The third kappa shape index (κ3) is 6.43. The number of hydrogen-bond acceptors (Lipinski definition) is 5. The SMILES string of the molecule is C=CCn1c(CSCc2ccc(F)cc2)nnc1SCC(=O)Nc1ccc(F)cc1. The van der Waals surface area contributed by atoms with E-state index in [1.807, 2.05) is 4.57 Å². The highest BCUT2D eigenvalue weighted by Crippen LogP contribution is 2.22. The normalized spacial score (nSPS) is 10.7. The van der Waals surface area contributed by atoms with Crippen molar-refractivity contribution in [3.8, 4) is 0 Å². The Bertz CT molecular complexity index is 991. The lowest BCUT2D eigenvalue weighted by molar-refractivity contribution is -0.113. The Labute approximate surface area is 182 Å². The van der Waals surface area contributed by atoms with Gasteiger partial charge >= 0.3 is 0 Å². The van der Waals surface area contributed by atoms with E-state index >= 15 is 0 Å². The molecule has 0 aliphatic heterocycles. The summed E-state index contributed by atoms with van der Waals surface area (Å²) >= 11 is 2.92. The van der Waals surface area contributed by atoms with Crippen LogP contribution in [-0.2, 0) is 22.8 Å². The molecule has 1 heterocycles. The number of anilines is 1. The number of carbonyl (C=O) groups is 1. The Morgan fingerprint density at radius 2 is 1.70 bits per heavy atom. The molecule has 0 bridgehead atoms. The van der Waals surface area contributed by atoms with E-state index in [9.17, 15) is 13.6 Å². The Hall–Kier alpha value is -2.65. The highest BCUT2D eigenvalue weighted by molar-refractivity contribution is 7.99. The molecule has 0 unspecified atom stereocenters. The van der Waals surface area contributed by atoms with Crippen LogP contribution in [0.15, 0.2) is 66.3 Å². The van der Waals surface area contributed by atoms with E-state index in [0.29, 0.717) is 23.1 Å². The molecule has 30 heavy (non-hydrogen) atoms. The van der Waals surface area contributed by atoms with Crippen molar-refractivity contribution in [2.45, 2.75) is 23.2 Å². The molecule has 0 radical (unpaired) electrons. The topological polar surface area (TPSA) is 59.8 Å². The van der Waals surface area contributed by atoms with Gasteiger partial charge in [-0.25, -0.2) is 8.78 Å². The Morgan fingerprint density at radius 3 is 2.37 bits per heavy atom. The number of amides is 1. The molecule has 3 rings (SSSR count). The second kappa shape index (κ2) is 10.9. The number of aromatic nitrogens is 3. The number of benzene rings is 2. The van der Waals surface area contributed by atoms with E-state index in [0.717, 1.165) is 17.1 Å². The number of nitrogens with zero attached hydrogens (tertiary/aromatic N) is 3. The minimum Gasteiger partial charge on any atom is -0.325 e. The van der Waals surface area contributed by atoms with Gasteiger partial charge in [0.15, 0.2) is 5.16 Å². The number of carbonyl (C=O) groups excluding carboxylic acids is 1. The Kier molecular flexibility index (Phi) is 8.04. The van der Waals surface area contributed by atoms with Crippen LogP contribution in [0.5, 0.6) is 0 Å². The fourth-order valence-electron chi connectivity index (χ4n) is 2.55. The van der Waals surface area contributed by atoms with Crippen molar-refractivity contribution in [1.82, 2.24) is 14.8 Å². The van der Waals surface area contributed by atoms with Crippen molar-refractivity contribution in [1.29, 1.82) is 0 Å². The molecule has 3 aromatic rings. The van der Waals surface area contributed by atoms with Crippen LogP contribution in [0, 0.1) is 11.6 Å². The highest BCUT2D eigenvalue weighted by Gasteiger charge is 2.14. The van der Waals surface area contributed by atoms with E-state index in [2.05, 4.69) is 22.1 Å². The lowest BCUT2D eigenvalue weighted by Crippen LogP contribution is -2.14. The summed E-state index contributed by atoms with van der Waals surface area (Å²) in [4.78, 5) is 12.2. The van der Waals surface area contributed by atoms with Crippen LogP contribution in [0.2, 0.25) is 0 Å². The van der Waals surface area contributed by atoms with Gasteiger partial charge in [-0.1, -0.05) is 30.0 Å². The van der Waals surface area contributed by atoms with E-state index in [1.165, 1.54) is 48.2 Å². The van der Waals surface area contributed by atoms with Crippen molar-refractivity contribution in [2.75, 3.05) is 11.1 Å². The van der Waals surface area contributed by atoms with Crippen LogP contribution in [0.3, 0.4) is 0 Å². The lowest BCUT2D eigenvalue weighted by Gasteiger charge is -2.08. The lowest BCUT2D eigenvalue weighted by atomic mass is 10.2. The number of nitrogens with one attached hydrogen (secondary N) is 1. The van der Waals surface area contributed by atoms with Crippen molar-refractivity contribution in [3.63, 3.8) is 0 Å². The third-order valence-corrected chi connectivity index (χ3v) is 5.95. The minimum absolute atomic E-state index is 0.148. The van der Waals surface area contributed by atoms with Crippen LogP contribution in [0.25, 0.3) is 0 Å². The maximum atomic E-state index is 13.0. The summed E-state index contributed by atoms with van der Waals surface area (Å²) in [7, 11) is 0. The molecule has 0 aliphatic rings. The van der Waals surface area contributed by atoms with E-state index in [4.69, 9.17) is 0 Å². The molecule has 2 aromatic carbocycles. The fourth-order valence-corrected chi connectivity index (χ4v) is 4.24. The Morgan fingerprint density at radius 1 is 1.03 bits per heavy atom. The standard InChI is InChI=1S/C21H20F2N4OS2/c1-2-11-27-19(13-29-12-15-3-5-16(22)6-4-15)25-26-21(27)30-14-20(28)24-18-9-7-17(23)8-10-18/h2-10H,1,11-14H2,(H,24,28). The number of rotatable bonds is 10. The van der Waals surface area contributed by atoms with E-state index in [-0.39, 0.29) is 23.3 Å². The molecule has 0 atom stereocenters. The summed E-state index contributed by atoms with van der Waals surface area (Å²) in [5.41, 5.74) is 1.57. The zero-order valence-corrected chi connectivity index (χ0v) is 17.7. The van der Waals surface area contributed by atoms with Gasteiger partial charge < -0.3 is 9.88 Å². The van der Waals surface area contributed by atoms with Gasteiger partial charge in [-0.2, -0.15) is 0 Å². The number of thioether (sulfide) groups is 2. The van der Waals surface area contributed by atoms with Crippen LogP contribution in [-0.4, -0.2) is 26.4 Å². The van der Waals surface area contributed by atoms with E-state index < -0.39 is 0 Å². The van der Waals surface area contributed by atoms with Gasteiger partial charge in [0.2, 0.25) is 5.91 Å². The number of allylic oxidation sites excluding steroid dienone is 1. The highest BCUT2D eigenvalue weighted by atomic mass is 32.2. The molecule has 0 saturated heterocycles. The van der Waals surface area contributed by atoms with Gasteiger partial charge in [0, 0.05) is 18.0 Å². The first-order valence-corrected chi connectivity index (χ1v) is 11.2. The molecule has 1 amide bonds. The van der Waals surface area contributed by atoms with Crippen molar-refractivity contribution < 1.29 is 13.6 Å². The molecule has 0 saturated carbocycles. The second-order valence-corrected chi connectivity index (χ2v) is 8.19. The molecule has 0 spiro atoms. The zero-order valence-electron chi connectivity index (χ0n) is 16.1. The Balaban J connectivity index is 1.55. The fraction of sp³-hybridized carbons (Fsp3) is 0.190. The number of hydrogen-bond donors (Lipinski definition) is 1. The first-order valence-electron chi connectivity index (χ1n) is 9.08. The van der Waals surface area contributed by atoms with Gasteiger partial charge in [0.1, 0.15) is 17.5 Å². The first-order chi connectivity index (χ1) is 14.5. The average Bonchev–Trinajstić information content (AvgIpc) is 3.12. The monoisotopic (exact) mass is 446 g/mol. The van der Waals surface area contributed by atoms with Crippen molar-refractivity contribution in [3.05, 3.63) is 84.2 Å². The smallest absolute Gasteiger partial charge is 0.234 e. The van der Waals surface area contributed by atoms with Gasteiger partial charge in [0.25, 0.3) is 0 Å². The molecule has 0 fully saturated rings. The predicted octanol–water partition coefficient (Wildman–Crippen LogP) is 4.91. The van der Waals surface area contributed by atoms with Gasteiger partial charge in [-0.05, 0) is 42.0 Å². The molecule has 5 nitrogen and oxygen atoms in total. The summed E-state index contributed by atoms with van der Waals surface area (Å²) in [6.45, 7) is 4.30. The summed E-state index contributed by atoms with van der Waals surface area (Å²) in [5, 5.41) is 11.8. The summed E-state index contributed by atoms with van der Waals surface area (Å²) < 4.78 is 27.9. The molecule has 156 valence electrons. The van der Waals surface area contributed by atoms with Crippen molar-refractivity contribution in [2.24, 2.45) is 0 Å². The van der Waals surface area contributed by atoms with Crippen LogP contribution < -0.4 is 5.32 Å². The van der Waals surface area contributed by atoms with E-state index in [1.54, 1.807) is 30.0 Å². The van der Waals surface area contributed by atoms with Gasteiger partial charge in [0.05, 0.1) is 11.5 Å². The maximum absolute atomic E-state index is 13.0. The molecule has 9 heteroatoms. The summed E-state index contributed by atoms with van der Waals surface area (Å²) in [6, 6.07) is 12.0. The molecule has 1 N–H and O–H groups in total. The third-order valence-electron chi connectivity index (χ3n) is 3.98. The maximum Gasteiger partial charge on any atom is 0.234 e. The van der Waals surface area contributed by atoms with Crippen LogP contribution in [0.4, 0.5) is 14.5 Å². The molecular formula is C21H20F2N4OS2. The zero-order chi connectivity index (χ0) is 21.3. The number of halogens is 2. The largest absolute Gasteiger partial charge is 0.325 e. The van der Waals surface area contributed by atoms with Gasteiger partial charge in [-0.3, -0.25) is 4.79 Å². The minimum atomic E-state index is -0.357. The van der Waals surface area contributed by atoms with Gasteiger partial charge in [-0.15, -0.1) is 28.5 Å². The van der Waals surface area contributed by atoms with Crippen LogP contribution >= 0.6 is 23.5 Å². The second-order valence-electron chi connectivity index (χ2n) is 6.26.